The summed E-state index contributed by atoms with van der Waals surface area (Å²) in [4.78, 5) is 11.5. The zero-order valence-corrected chi connectivity index (χ0v) is 11.3. The summed E-state index contributed by atoms with van der Waals surface area (Å²) >= 11 is 0. The van der Waals surface area contributed by atoms with Crippen molar-refractivity contribution >= 4 is 5.91 Å². The predicted molar refractivity (Wildman–Crippen MR) is 71.7 cm³/mol. The maximum atomic E-state index is 11.5. The van der Waals surface area contributed by atoms with Gasteiger partial charge in [0.25, 0.3) is 0 Å². The third kappa shape index (κ3) is 5.03. The second-order valence-corrected chi connectivity index (χ2v) is 5.29. The van der Waals surface area contributed by atoms with Crippen LogP contribution in [0.3, 0.4) is 0 Å². The van der Waals surface area contributed by atoms with Gasteiger partial charge in [0.2, 0.25) is 5.91 Å². The summed E-state index contributed by atoms with van der Waals surface area (Å²) in [6.07, 6.45) is 1.09. The van der Waals surface area contributed by atoms with Crippen LogP contribution in [0.15, 0.2) is 24.3 Å². The van der Waals surface area contributed by atoms with E-state index in [0.29, 0.717) is 12.5 Å². The second-order valence-electron chi connectivity index (χ2n) is 5.29. The molecule has 94 valence electrons. The average molecular weight is 233 g/mol. The Bertz CT molecular complexity index is 369. The second kappa shape index (κ2) is 6.43. The van der Waals surface area contributed by atoms with Crippen molar-refractivity contribution in [2.24, 2.45) is 11.8 Å². The van der Waals surface area contributed by atoms with Crippen molar-refractivity contribution in [2.45, 2.75) is 40.7 Å². The van der Waals surface area contributed by atoms with Gasteiger partial charge in [0.1, 0.15) is 0 Å². The predicted octanol–water partition coefficient (Wildman–Crippen LogP) is 3.16. The minimum atomic E-state index is 0.0499. The maximum absolute atomic E-state index is 11.5. The van der Waals surface area contributed by atoms with Crippen LogP contribution < -0.4 is 5.32 Å². The highest BCUT2D eigenvalue weighted by molar-refractivity contribution is 5.77. The van der Waals surface area contributed by atoms with E-state index < -0.39 is 0 Å². The number of carbonyl (C=O) groups is 1. The standard InChI is InChI=1S/C15H23NO/c1-11(2)8-13-6-5-7-14(9-13)10-16-15(17)12(3)4/h5-7,9,11-12H,8,10H2,1-4H3,(H,16,17). The Morgan fingerprint density at radius 2 is 1.82 bits per heavy atom. The van der Waals surface area contributed by atoms with Crippen molar-refractivity contribution in [3.8, 4) is 0 Å². The Kier molecular flexibility index (Phi) is 5.20. The smallest absolute Gasteiger partial charge is 0.222 e. The maximum Gasteiger partial charge on any atom is 0.222 e. The van der Waals surface area contributed by atoms with E-state index in [-0.39, 0.29) is 11.8 Å². The third-order valence-electron chi connectivity index (χ3n) is 2.63. The Labute approximate surface area is 104 Å². The fourth-order valence-electron chi connectivity index (χ4n) is 1.73. The molecule has 1 rings (SSSR count). The molecule has 0 aliphatic heterocycles. The molecule has 0 radical (unpaired) electrons. The lowest BCUT2D eigenvalue weighted by Gasteiger charge is -2.10. The first-order chi connectivity index (χ1) is 7.99. The number of amides is 1. The van der Waals surface area contributed by atoms with Crippen LogP contribution in [0.5, 0.6) is 0 Å². The van der Waals surface area contributed by atoms with Crippen LogP contribution in [0, 0.1) is 11.8 Å². The van der Waals surface area contributed by atoms with Crippen molar-refractivity contribution in [2.75, 3.05) is 0 Å². The normalized spacial score (nSPS) is 10.9. The molecule has 1 aromatic rings. The Morgan fingerprint density at radius 1 is 1.18 bits per heavy atom. The molecule has 0 aliphatic carbocycles. The highest BCUT2D eigenvalue weighted by atomic mass is 16.1. The van der Waals surface area contributed by atoms with Gasteiger partial charge in [-0.05, 0) is 23.5 Å². The van der Waals surface area contributed by atoms with Gasteiger partial charge in [-0.3, -0.25) is 4.79 Å². The van der Waals surface area contributed by atoms with Gasteiger partial charge in [-0.1, -0.05) is 52.0 Å². The molecule has 0 fully saturated rings. The summed E-state index contributed by atoms with van der Waals surface area (Å²) in [5.41, 5.74) is 2.52. The van der Waals surface area contributed by atoms with Crippen molar-refractivity contribution in [3.63, 3.8) is 0 Å². The number of hydrogen-bond acceptors (Lipinski definition) is 1. The van der Waals surface area contributed by atoms with E-state index in [2.05, 4.69) is 43.4 Å². The lowest BCUT2D eigenvalue weighted by atomic mass is 10.0. The summed E-state index contributed by atoms with van der Waals surface area (Å²) in [6, 6.07) is 8.45. The molecule has 0 aliphatic rings. The first-order valence-corrected chi connectivity index (χ1v) is 6.34. The number of benzene rings is 1. The molecule has 0 spiro atoms. The zero-order chi connectivity index (χ0) is 12.8. The first-order valence-electron chi connectivity index (χ1n) is 6.34. The molecule has 1 N–H and O–H groups in total. The quantitative estimate of drug-likeness (QED) is 0.831. The van der Waals surface area contributed by atoms with Crippen molar-refractivity contribution < 1.29 is 4.79 Å². The molecule has 2 nitrogen and oxygen atoms in total. The van der Waals surface area contributed by atoms with Gasteiger partial charge in [-0.2, -0.15) is 0 Å². The Morgan fingerprint density at radius 3 is 2.41 bits per heavy atom. The molecule has 2 heteroatoms. The zero-order valence-electron chi connectivity index (χ0n) is 11.3. The number of nitrogens with one attached hydrogen (secondary N) is 1. The monoisotopic (exact) mass is 233 g/mol. The molecular formula is C15H23NO. The summed E-state index contributed by atoms with van der Waals surface area (Å²) in [5.74, 6) is 0.823. The Balaban J connectivity index is 2.57. The van der Waals surface area contributed by atoms with Crippen LogP contribution in [-0.4, -0.2) is 5.91 Å². The van der Waals surface area contributed by atoms with E-state index >= 15 is 0 Å². The molecule has 1 amide bonds. The molecular weight excluding hydrogens is 210 g/mol. The Hall–Kier alpha value is -1.31. The lowest BCUT2D eigenvalue weighted by molar-refractivity contribution is -0.124. The fourth-order valence-corrected chi connectivity index (χ4v) is 1.73. The molecule has 0 saturated heterocycles. The molecule has 0 atom stereocenters. The van der Waals surface area contributed by atoms with Crippen molar-refractivity contribution in [1.29, 1.82) is 0 Å². The van der Waals surface area contributed by atoms with Gasteiger partial charge in [0.05, 0.1) is 0 Å². The molecule has 0 aromatic heterocycles. The van der Waals surface area contributed by atoms with Gasteiger partial charge < -0.3 is 5.32 Å². The van der Waals surface area contributed by atoms with Crippen LogP contribution >= 0.6 is 0 Å². The molecule has 0 unspecified atom stereocenters. The van der Waals surface area contributed by atoms with E-state index in [4.69, 9.17) is 0 Å². The molecule has 0 saturated carbocycles. The van der Waals surface area contributed by atoms with Gasteiger partial charge in [0.15, 0.2) is 0 Å². The van der Waals surface area contributed by atoms with Crippen molar-refractivity contribution in [1.82, 2.24) is 5.32 Å². The molecule has 0 bridgehead atoms. The van der Waals surface area contributed by atoms with E-state index in [0.717, 1.165) is 6.42 Å². The highest BCUT2D eigenvalue weighted by Crippen LogP contribution is 2.10. The van der Waals surface area contributed by atoms with Crippen LogP contribution in [-0.2, 0) is 17.8 Å². The van der Waals surface area contributed by atoms with Crippen LogP contribution in [0.1, 0.15) is 38.8 Å². The SMILES string of the molecule is CC(C)Cc1cccc(CNC(=O)C(C)C)c1. The van der Waals surface area contributed by atoms with Gasteiger partial charge in [-0.25, -0.2) is 0 Å². The van der Waals surface area contributed by atoms with Crippen LogP contribution in [0.25, 0.3) is 0 Å². The third-order valence-corrected chi connectivity index (χ3v) is 2.63. The van der Waals surface area contributed by atoms with E-state index in [1.807, 2.05) is 13.8 Å². The fraction of sp³-hybridized carbons (Fsp3) is 0.533. The number of rotatable bonds is 5. The van der Waals surface area contributed by atoms with Crippen molar-refractivity contribution in [3.05, 3.63) is 35.4 Å². The van der Waals surface area contributed by atoms with Gasteiger partial charge in [0, 0.05) is 12.5 Å². The van der Waals surface area contributed by atoms with Gasteiger partial charge in [-0.15, -0.1) is 0 Å². The van der Waals surface area contributed by atoms with Crippen LogP contribution in [0.4, 0.5) is 0 Å². The first kappa shape index (κ1) is 13.8. The minimum Gasteiger partial charge on any atom is -0.352 e. The lowest BCUT2D eigenvalue weighted by Crippen LogP contribution is -2.27. The molecule has 17 heavy (non-hydrogen) atoms. The van der Waals surface area contributed by atoms with Crippen LogP contribution in [0.2, 0.25) is 0 Å². The summed E-state index contributed by atoms with van der Waals surface area (Å²) in [6.45, 7) is 8.87. The summed E-state index contributed by atoms with van der Waals surface area (Å²) in [7, 11) is 0. The average Bonchev–Trinajstić information content (AvgIpc) is 2.25. The van der Waals surface area contributed by atoms with E-state index in [1.54, 1.807) is 0 Å². The highest BCUT2D eigenvalue weighted by Gasteiger charge is 2.06. The molecule has 1 aromatic carbocycles. The molecule has 0 heterocycles. The topological polar surface area (TPSA) is 29.1 Å². The summed E-state index contributed by atoms with van der Waals surface area (Å²) < 4.78 is 0. The van der Waals surface area contributed by atoms with E-state index in [1.165, 1.54) is 11.1 Å². The van der Waals surface area contributed by atoms with E-state index in [9.17, 15) is 4.79 Å². The number of hydrogen-bond donors (Lipinski definition) is 1. The minimum absolute atomic E-state index is 0.0499. The van der Waals surface area contributed by atoms with Gasteiger partial charge >= 0.3 is 0 Å². The largest absolute Gasteiger partial charge is 0.352 e. The summed E-state index contributed by atoms with van der Waals surface area (Å²) in [5, 5.41) is 2.94. The number of carbonyl (C=O) groups excluding carboxylic acids is 1.